The summed E-state index contributed by atoms with van der Waals surface area (Å²) < 4.78 is 6.97. The maximum Gasteiger partial charge on any atom is 0.330 e. The van der Waals surface area contributed by atoms with E-state index in [0.717, 1.165) is 12.0 Å². The van der Waals surface area contributed by atoms with Crippen molar-refractivity contribution in [3.05, 3.63) is 86.6 Å². The molecule has 1 heterocycles. The molecule has 0 bridgehead atoms. The van der Waals surface area contributed by atoms with E-state index in [1.807, 2.05) is 51.1 Å². The molecular formula is C25H30N4O4. The number of H-pyrrole nitrogens is 1. The molecule has 1 amide bonds. The summed E-state index contributed by atoms with van der Waals surface area (Å²) in [4.78, 5) is 42.5. The van der Waals surface area contributed by atoms with Gasteiger partial charge in [0.2, 0.25) is 0 Å². The minimum Gasteiger partial charge on any atom is -0.491 e. The minimum atomic E-state index is -0.700. The van der Waals surface area contributed by atoms with Gasteiger partial charge in [-0.3, -0.25) is 24.0 Å². The van der Waals surface area contributed by atoms with Crippen molar-refractivity contribution in [1.82, 2.24) is 9.55 Å². The fourth-order valence-electron chi connectivity index (χ4n) is 3.50. The van der Waals surface area contributed by atoms with E-state index in [9.17, 15) is 14.4 Å². The van der Waals surface area contributed by atoms with Crippen LogP contribution in [0.4, 0.5) is 11.5 Å². The number of carbonyl (C=O) groups excluding carboxylic acids is 1. The van der Waals surface area contributed by atoms with Crippen molar-refractivity contribution in [3.8, 4) is 5.75 Å². The lowest BCUT2D eigenvalue weighted by Gasteiger charge is -2.25. The second-order valence-corrected chi connectivity index (χ2v) is 8.07. The summed E-state index contributed by atoms with van der Waals surface area (Å²) in [6, 6.07) is 16.0. The molecule has 0 atom stereocenters. The van der Waals surface area contributed by atoms with Crippen LogP contribution < -0.4 is 26.6 Å². The number of carbonyl (C=O) groups is 1. The Morgan fingerprint density at radius 2 is 1.76 bits per heavy atom. The van der Waals surface area contributed by atoms with Gasteiger partial charge in [0.25, 0.3) is 11.5 Å². The second-order valence-electron chi connectivity index (χ2n) is 8.07. The number of benzene rings is 2. The standard InChI is InChI=1S/C25H30N4O4/c1-4-5-15-28-22(26)21(23(30)27-25(28)32)29(16-18-9-7-6-8-10-18)24(31)19-11-13-20(14-12-19)33-17(2)3/h6-14,17H,4-5,15-16,26H2,1-3H3,(H,27,30,32). The van der Waals surface area contributed by atoms with Gasteiger partial charge in [-0.15, -0.1) is 0 Å². The van der Waals surface area contributed by atoms with Crippen LogP contribution in [-0.4, -0.2) is 21.6 Å². The Morgan fingerprint density at radius 3 is 2.36 bits per heavy atom. The maximum atomic E-state index is 13.6. The maximum absolute atomic E-state index is 13.6. The van der Waals surface area contributed by atoms with E-state index >= 15 is 0 Å². The van der Waals surface area contributed by atoms with Gasteiger partial charge in [-0.25, -0.2) is 4.79 Å². The molecule has 0 saturated heterocycles. The Labute approximate surface area is 192 Å². The van der Waals surface area contributed by atoms with E-state index in [1.165, 1.54) is 9.47 Å². The van der Waals surface area contributed by atoms with Gasteiger partial charge < -0.3 is 10.5 Å². The first kappa shape index (κ1) is 23.8. The Hall–Kier alpha value is -3.81. The highest BCUT2D eigenvalue weighted by molar-refractivity contribution is 6.07. The van der Waals surface area contributed by atoms with Gasteiger partial charge in [-0.1, -0.05) is 43.7 Å². The smallest absolute Gasteiger partial charge is 0.330 e. The number of amides is 1. The zero-order valence-electron chi connectivity index (χ0n) is 19.2. The average Bonchev–Trinajstić information content (AvgIpc) is 2.78. The van der Waals surface area contributed by atoms with E-state index < -0.39 is 17.2 Å². The SMILES string of the molecule is CCCCn1c(N)c(N(Cc2ccccc2)C(=O)c2ccc(OC(C)C)cc2)c(=O)[nH]c1=O. The normalized spacial score (nSPS) is 10.9. The molecule has 0 spiro atoms. The molecule has 0 aliphatic rings. The zero-order valence-corrected chi connectivity index (χ0v) is 19.2. The summed E-state index contributed by atoms with van der Waals surface area (Å²) in [6.07, 6.45) is 1.56. The third-order valence-electron chi connectivity index (χ3n) is 5.12. The average molecular weight is 451 g/mol. The number of hydrogen-bond donors (Lipinski definition) is 2. The van der Waals surface area contributed by atoms with Crippen LogP contribution in [0.5, 0.6) is 5.75 Å². The molecule has 3 N–H and O–H groups in total. The molecule has 3 rings (SSSR count). The number of nitrogens with two attached hydrogens (primary N) is 1. The number of nitrogen functional groups attached to an aromatic ring is 1. The van der Waals surface area contributed by atoms with Crippen LogP contribution in [0.3, 0.4) is 0 Å². The van der Waals surface area contributed by atoms with Gasteiger partial charge >= 0.3 is 5.69 Å². The van der Waals surface area contributed by atoms with Gasteiger partial charge in [0.1, 0.15) is 11.6 Å². The monoisotopic (exact) mass is 450 g/mol. The Bertz CT molecular complexity index is 1200. The van der Waals surface area contributed by atoms with Crippen LogP contribution in [0, 0.1) is 0 Å². The topological polar surface area (TPSA) is 110 Å². The summed E-state index contributed by atoms with van der Waals surface area (Å²) in [5, 5.41) is 0. The third-order valence-corrected chi connectivity index (χ3v) is 5.12. The largest absolute Gasteiger partial charge is 0.491 e. The van der Waals surface area contributed by atoms with Crippen molar-refractivity contribution in [3.63, 3.8) is 0 Å². The molecule has 8 heteroatoms. The Balaban J connectivity index is 2.08. The van der Waals surface area contributed by atoms with Crippen molar-refractivity contribution in [1.29, 1.82) is 0 Å². The summed E-state index contributed by atoms with van der Waals surface area (Å²) in [5.41, 5.74) is 6.16. The number of nitrogens with zero attached hydrogens (tertiary/aromatic N) is 2. The van der Waals surface area contributed by atoms with Crippen LogP contribution in [0.15, 0.2) is 64.2 Å². The number of hydrogen-bond acceptors (Lipinski definition) is 5. The number of unbranched alkanes of at least 4 members (excludes halogenated alkanes) is 1. The summed E-state index contributed by atoms with van der Waals surface area (Å²) in [7, 11) is 0. The number of nitrogens with one attached hydrogen (secondary N) is 1. The number of rotatable bonds is 9. The first-order chi connectivity index (χ1) is 15.8. The van der Waals surface area contributed by atoms with Crippen molar-refractivity contribution >= 4 is 17.4 Å². The molecule has 2 aromatic carbocycles. The lowest BCUT2D eigenvalue weighted by atomic mass is 10.1. The van der Waals surface area contributed by atoms with E-state index in [4.69, 9.17) is 10.5 Å². The van der Waals surface area contributed by atoms with Crippen molar-refractivity contribution in [2.24, 2.45) is 0 Å². The summed E-state index contributed by atoms with van der Waals surface area (Å²) in [5.74, 6) is 0.204. The second kappa shape index (κ2) is 10.7. The molecule has 174 valence electrons. The highest BCUT2D eigenvalue weighted by Crippen LogP contribution is 2.23. The third kappa shape index (κ3) is 5.71. The predicted octanol–water partition coefficient (Wildman–Crippen LogP) is 3.55. The van der Waals surface area contributed by atoms with E-state index in [0.29, 0.717) is 24.3 Å². The zero-order chi connectivity index (χ0) is 24.0. The molecule has 0 unspecified atom stereocenters. The number of ether oxygens (including phenoxy) is 1. The van der Waals surface area contributed by atoms with E-state index in [2.05, 4.69) is 4.98 Å². The lowest BCUT2D eigenvalue weighted by molar-refractivity contribution is 0.0984. The first-order valence-electron chi connectivity index (χ1n) is 11.1. The van der Waals surface area contributed by atoms with Gasteiger partial charge in [0.05, 0.1) is 12.6 Å². The molecular weight excluding hydrogens is 420 g/mol. The van der Waals surface area contributed by atoms with Crippen LogP contribution in [0.25, 0.3) is 0 Å². The fourth-order valence-corrected chi connectivity index (χ4v) is 3.50. The van der Waals surface area contributed by atoms with Crippen LogP contribution in [0.2, 0.25) is 0 Å². The molecule has 0 saturated carbocycles. The van der Waals surface area contributed by atoms with Gasteiger partial charge in [0.15, 0.2) is 5.69 Å². The Morgan fingerprint density at radius 1 is 1.09 bits per heavy atom. The Kier molecular flexibility index (Phi) is 7.71. The fraction of sp³-hybridized carbons (Fsp3) is 0.320. The highest BCUT2D eigenvalue weighted by atomic mass is 16.5. The molecule has 1 aromatic heterocycles. The van der Waals surface area contributed by atoms with Gasteiger partial charge in [-0.05, 0) is 50.1 Å². The van der Waals surface area contributed by atoms with Crippen molar-refractivity contribution in [2.45, 2.75) is 52.8 Å². The number of aromatic nitrogens is 2. The minimum absolute atomic E-state index is 0.00339. The highest BCUT2D eigenvalue weighted by Gasteiger charge is 2.25. The molecule has 3 aromatic rings. The quantitative estimate of drug-likeness (QED) is 0.518. The van der Waals surface area contributed by atoms with Gasteiger partial charge in [-0.2, -0.15) is 0 Å². The molecule has 0 aliphatic heterocycles. The van der Waals surface area contributed by atoms with E-state index in [1.54, 1.807) is 24.3 Å². The predicted molar refractivity (Wildman–Crippen MR) is 130 cm³/mol. The molecule has 0 fully saturated rings. The summed E-state index contributed by atoms with van der Waals surface area (Å²) >= 11 is 0. The molecule has 0 radical (unpaired) electrons. The van der Waals surface area contributed by atoms with Crippen LogP contribution in [0.1, 0.15) is 49.5 Å². The molecule has 8 nitrogen and oxygen atoms in total. The molecule has 33 heavy (non-hydrogen) atoms. The molecule has 0 aliphatic carbocycles. The van der Waals surface area contributed by atoms with Crippen molar-refractivity contribution < 1.29 is 9.53 Å². The summed E-state index contributed by atoms with van der Waals surface area (Å²) in [6.45, 7) is 6.29. The van der Waals surface area contributed by atoms with Gasteiger partial charge in [0, 0.05) is 12.1 Å². The number of aromatic amines is 1. The van der Waals surface area contributed by atoms with E-state index in [-0.39, 0.29) is 24.2 Å². The number of anilines is 2. The first-order valence-corrected chi connectivity index (χ1v) is 11.1. The van der Waals surface area contributed by atoms with Crippen LogP contribution in [-0.2, 0) is 13.1 Å². The van der Waals surface area contributed by atoms with Crippen LogP contribution >= 0.6 is 0 Å². The lowest BCUT2D eigenvalue weighted by Crippen LogP contribution is -2.41. The van der Waals surface area contributed by atoms with Crippen molar-refractivity contribution in [2.75, 3.05) is 10.6 Å².